The van der Waals surface area contributed by atoms with Crippen molar-refractivity contribution in [3.8, 4) is 0 Å². The quantitative estimate of drug-likeness (QED) is 0.405. The molecule has 1 N–H and O–H groups in total. The minimum Gasteiger partial charge on any atom is -1.00 e. The molecule has 3 nitrogen and oxygen atoms in total. The van der Waals surface area contributed by atoms with E-state index in [1.807, 2.05) is 0 Å². The fourth-order valence-electron chi connectivity index (χ4n) is 0.862. The van der Waals surface area contributed by atoms with E-state index in [-0.39, 0.29) is 12.4 Å². The van der Waals surface area contributed by atoms with Crippen LogP contribution >= 0.6 is 0 Å². The number of aliphatic carboxylic acids is 1. The van der Waals surface area contributed by atoms with Crippen LogP contribution in [0.2, 0.25) is 0 Å². The second-order valence-corrected chi connectivity index (χ2v) is 3.86. The number of unbranched alkanes of at least 4 members (excludes halogenated alkanes) is 1. The number of hydrogen-bond donors (Lipinski definition) is 1. The Morgan fingerprint density at radius 2 is 1.75 bits per heavy atom. The molecular weight excluding hydrogens is 178 g/mol. The third-order valence-corrected chi connectivity index (χ3v) is 1.47. The summed E-state index contributed by atoms with van der Waals surface area (Å²) in [5.74, 6) is -0.689. The second kappa shape index (κ2) is 6.26. The molecule has 0 aromatic heterocycles. The van der Waals surface area contributed by atoms with Crippen molar-refractivity contribution in [1.29, 1.82) is 0 Å². The van der Waals surface area contributed by atoms with Gasteiger partial charge in [-0.1, -0.05) is 0 Å². The van der Waals surface area contributed by atoms with Crippen molar-refractivity contribution in [2.75, 3.05) is 27.7 Å². The average Bonchev–Trinajstić information content (AvgIpc) is 1.78. The van der Waals surface area contributed by atoms with Crippen LogP contribution in [-0.4, -0.2) is 43.2 Å². The van der Waals surface area contributed by atoms with Crippen molar-refractivity contribution >= 4 is 5.97 Å². The van der Waals surface area contributed by atoms with Crippen molar-refractivity contribution in [3.63, 3.8) is 0 Å². The molecule has 0 atom stereocenters. The van der Waals surface area contributed by atoms with Crippen molar-refractivity contribution < 1.29 is 26.8 Å². The fourth-order valence-corrected chi connectivity index (χ4v) is 0.862. The van der Waals surface area contributed by atoms with Crippen molar-refractivity contribution in [2.24, 2.45) is 0 Å². The number of rotatable bonds is 5. The Labute approximate surface area is 80.4 Å². The molecule has 0 aliphatic heterocycles. The molecule has 0 aliphatic carbocycles. The van der Waals surface area contributed by atoms with Gasteiger partial charge in [-0.15, -0.1) is 0 Å². The second-order valence-electron chi connectivity index (χ2n) is 3.86. The highest BCUT2D eigenvalue weighted by Crippen LogP contribution is 1.99. The van der Waals surface area contributed by atoms with Crippen molar-refractivity contribution in [1.82, 2.24) is 0 Å². The van der Waals surface area contributed by atoms with Gasteiger partial charge in [-0.3, -0.25) is 4.79 Å². The van der Waals surface area contributed by atoms with E-state index in [1.165, 1.54) is 0 Å². The maximum atomic E-state index is 10.1. The summed E-state index contributed by atoms with van der Waals surface area (Å²) in [6.07, 6.45) is 2.10. The highest BCUT2D eigenvalue weighted by atomic mass is 35.5. The van der Waals surface area contributed by atoms with Crippen LogP contribution in [-0.2, 0) is 4.79 Å². The maximum absolute atomic E-state index is 10.1. The van der Waals surface area contributed by atoms with Crippen molar-refractivity contribution in [3.05, 3.63) is 0 Å². The van der Waals surface area contributed by atoms with E-state index in [1.54, 1.807) is 0 Å². The minimum atomic E-state index is -0.689. The molecule has 4 heteroatoms. The molecule has 0 aliphatic rings. The summed E-state index contributed by atoms with van der Waals surface area (Å²) >= 11 is 0. The predicted octanol–water partition coefficient (Wildman–Crippen LogP) is -2.05. The van der Waals surface area contributed by atoms with E-state index in [9.17, 15) is 4.79 Å². The number of carboxylic acid groups (broad SMARTS) is 1. The molecule has 0 amide bonds. The van der Waals surface area contributed by atoms with Gasteiger partial charge in [-0.2, -0.15) is 0 Å². The predicted molar refractivity (Wildman–Crippen MR) is 44.4 cm³/mol. The van der Waals surface area contributed by atoms with Crippen molar-refractivity contribution in [2.45, 2.75) is 19.3 Å². The van der Waals surface area contributed by atoms with E-state index >= 15 is 0 Å². The smallest absolute Gasteiger partial charge is 0.303 e. The lowest BCUT2D eigenvalue weighted by molar-refractivity contribution is -0.870. The molecule has 0 spiro atoms. The zero-order valence-electron chi connectivity index (χ0n) is 8.01. The highest BCUT2D eigenvalue weighted by Gasteiger charge is 2.06. The van der Waals surface area contributed by atoms with E-state index in [0.717, 1.165) is 23.9 Å². The zero-order valence-corrected chi connectivity index (χ0v) is 8.76. The first kappa shape index (κ1) is 14.3. The zero-order chi connectivity index (χ0) is 8.91. The van der Waals surface area contributed by atoms with Gasteiger partial charge in [0.1, 0.15) is 0 Å². The van der Waals surface area contributed by atoms with Crippen LogP contribution in [0.15, 0.2) is 0 Å². The summed E-state index contributed by atoms with van der Waals surface area (Å²) in [6, 6.07) is 0. The van der Waals surface area contributed by atoms with Crippen LogP contribution in [0.5, 0.6) is 0 Å². The van der Waals surface area contributed by atoms with Gasteiger partial charge in [0.2, 0.25) is 0 Å². The molecule has 0 saturated carbocycles. The lowest BCUT2D eigenvalue weighted by Crippen LogP contribution is -3.00. The first-order valence-electron chi connectivity index (χ1n) is 3.94. The molecule has 0 aromatic rings. The Morgan fingerprint density at radius 1 is 1.25 bits per heavy atom. The minimum absolute atomic E-state index is 0. The van der Waals surface area contributed by atoms with Crippen LogP contribution in [0.3, 0.4) is 0 Å². The molecule has 0 bridgehead atoms. The van der Waals surface area contributed by atoms with Gasteiger partial charge in [0.25, 0.3) is 0 Å². The molecule has 0 rings (SSSR count). The Kier molecular flexibility index (Phi) is 7.44. The summed E-state index contributed by atoms with van der Waals surface area (Å²) in [4.78, 5) is 10.1. The third-order valence-electron chi connectivity index (χ3n) is 1.47. The summed E-state index contributed by atoms with van der Waals surface area (Å²) in [5, 5.41) is 8.34. The molecular formula is C8H18ClNO2. The molecule has 74 valence electrons. The first-order chi connectivity index (χ1) is 4.92. The van der Waals surface area contributed by atoms with Crippen LogP contribution < -0.4 is 12.4 Å². The molecule has 0 aromatic carbocycles. The maximum Gasteiger partial charge on any atom is 0.303 e. The number of hydrogen-bond acceptors (Lipinski definition) is 1. The van der Waals surface area contributed by atoms with Gasteiger partial charge in [0.05, 0.1) is 27.7 Å². The lowest BCUT2D eigenvalue weighted by atomic mass is 10.2. The Bertz CT molecular complexity index is 132. The lowest BCUT2D eigenvalue weighted by Gasteiger charge is -2.23. The van der Waals surface area contributed by atoms with Crippen LogP contribution in [0, 0.1) is 0 Å². The third kappa shape index (κ3) is 12.4. The topological polar surface area (TPSA) is 37.3 Å². The van der Waals surface area contributed by atoms with Gasteiger partial charge >= 0.3 is 5.97 Å². The molecule has 12 heavy (non-hydrogen) atoms. The van der Waals surface area contributed by atoms with Gasteiger partial charge in [0, 0.05) is 6.42 Å². The van der Waals surface area contributed by atoms with E-state index in [4.69, 9.17) is 5.11 Å². The summed E-state index contributed by atoms with van der Waals surface area (Å²) in [7, 11) is 6.34. The van der Waals surface area contributed by atoms with Crippen LogP contribution in [0.1, 0.15) is 19.3 Å². The monoisotopic (exact) mass is 195 g/mol. The average molecular weight is 196 g/mol. The largest absolute Gasteiger partial charge is 1.00 e. The number of halogens is 1. The van der Waals surface area contributed by atoms with Crippen LogP contribution in [0.4, 0.5) is 0 Å². The molecule has 0 fully saturated rings. The Balaban J connectivity index is 0. The van der Waals surface area contributed by atoms with E-state index in [0.29, 0.717) is 6.42 Å². The highest BCUT2D eigenvalue weighted by molar-refractivity contribution is 5.66. The van der Waals surface area contributed by atoms with Crippen LogP contribution in [0.25, 0.3) is 0 Å². The summed E-state index contributed by atoms with van der Waals surface area (Å²) < 4.78 is 0.916. The van der Waals surface area contributed by atoms with Gasteiger partial charge in [-0.25, -0.2) is 0 Å². The molecule has 0 saturated heterocycles. The number of carbonyl (C=O) groups is 1. The summed E-state index contributed by atoms with van der Waals surface area (Å²) in [6.45, 7) is 1.05. The Hall–Kier alpha value is -0.280. The SMILES string of the molecule is C[N+](C)(C)CCCCC(=O)O.[Cl-]. The van der Waals surface area contributed by atoms with Gasteiger partial charge in [0.15, 0.2) is 0 Å². The first-order valence-corrected chi connectivity index (χ1v) is 3.94. The molecule has 0 unspecified atom stereocenters. The molecule has 0 radical (unpaired) electrons. The van der Waals surface area contributed by atoms with E-state index < -0.39 is 5.97 Å². The number of carboxylic acids is 1. The standard InChI is InChI=1S/C8H17NO2.ClH/c1-9(2,3)7-5-4-6-8(10)11;/h4-7H2,1-3H3;1H. The normalized spacial score (nSPS) is 10.6. The van der Waals surface area contributed by atoms with Gasteiger partial charge < -0.3 is 22.0 Å². The number of nitrogens with zero attached hydrogens (tertiary/aromatic N) is 1. The fraction of sp³-hybridized carbons (Fsp3) is 0.875. The molecule has 0 heterocycles. The van der Waals surface area contributed by atoms with E-state index in [2.05, 4.69) is 21.1 Å². The Morgan fingerprint density at radius 3 is 2.08 bits per heavy atom. The summed E-state index contributed by atoms with van der Waals surface area (Å²) in [5.41, 5.74) is 0. The van der Waals surface area contributed by atoms with Gasteiger partial charge in [-0.05, 0) is 12.8 Å². The number of quaternary nitrogens is 1.